The Hall–Kier alpha value is -2.28. The van der Waals surface area contributed by atoms with Gasteiger partial charge in [0, 0.05) is 22.8 Å². The van der Waals surface area contributed by atoms with Crippen molar-refractivity contribution in [3.63, 3.8) is 0 Å². The molecule has 2 amide bonds. The van der Waals surface area contributed by atoms with E-state index in [9.17, 15) is 14.4 Å². The summed E-state index contributed by atoms with van der Waals surface area (Å²) >= 11 is 17.4. The van der Waals surface area contributed by atoms with E-state index in [0.717, 1.165) is 0 Å². The maximum atomic E-state index is 11.8. The Kier molecular flexibility index (Phi) is 7.91. The molecular weight excluding hydrogens is 415 g/mol. The van der Waals surface area contributed by atoms with Crippen LogP contribution < -0.4 is 10.6 Å². The first-order chi connectivity index (χ1) is 12.8. The second-order valence-corrected chi connectivity index (χ2v) is 6.64. The highest BCUT2D eigenvalue weighted by molar-refractivity contribution is 6.42. The van der Waals surface area contributed by atoms with Gasteiger partial charge in [-0.05, 0) is 42.5 Å². The molecule has 0 heterocycles. The molecule has 0 saturated carbocycles. The Labute approximate surface area is 170 Å². The summed E-state index contributed by atoms with van der Waals surface area (Å²) in [7, 11) is 0. The van der Waals surface area contributed by atoms with E-state index >= 15 is 0 Å². The van der Waals surface area contributed by atoms with E-state index in [4.69, 9.17) is 39.5 Å². The zero-order valence-electron chi connectivity index (χ0n) is 13.9. The van der Waals surface area contributed by atoms with Crippen LogP contribution in [0.4, 0.5) is 11.4 Å². The van der Waals surface area contributed by atoms with Gasteiger partial charge in [0.2, 0.25) is 5.91 Å². The molecule has 142 valence electrons. The molecule has 9 heteroatoms. The summed E-state index contributed by atoms with van der Waals surface area (Å²) in [6, 6.07) is 11.1. The van der Waals surface area contributed by atoms with E-state index in [0.29, 0.717) is 26.4 Å². The van der Waals surface area contributed by atoms with Gasteiger partial charge in [0.25, 0.3) is 5.91 Å². The van der Waals surface area contributed by atoms with Gasteiger partial charge in [-0.1, -0.05) is 34.8 Å². The number of rotatable bonds is 7. The molecule has 2 aromatic rings. The zero-order chi connectivity index (χ0) is 19.8. The van der Waals surface area contributed by atoms with E-state index in [1.165, 1.54) is 6.07 Å². The van der Waals surface area contributed by atoms with Crippen LogP contribution in [0, 0.1) is 0 Å². The first-order valence-electron chi connectivity index (χ1n) is 7.79. The molecule has 2 N–H and O–H groups in total. The number of hydrogen-bond acceptors (Lipinski definition) is 4. The number of benzene rings is 2. The van der Waals surface area contributed by atoms with Gasteiger partial charge in [-0.25, -0.2) is 0 Å². The van der Waals surface area contributed by atoms with Crippen LogP contribution in [-0.4, -0.2) is 24.4 Å². The van der Waals surface area contributed by atoms with Gasteiger partial charge in [0.1, 0.15) is 0 Å². The molecule has 0 bridgehead atoms. The standard InChI is InChI=1S/C18H15Cl3N2O4/c19-11-1-3-12(4-2-11)22-17(25)10-27-18(26)8-7-16(24)23-13-5-6-14(20)15(21)9-13/h1-6,9H,7-8,10H2,(H,22,25)(H,23,24). The Morgan fingerprint density at radius 2 is 1.41 bits per heavy atom. The van der Waals surface area contributed by atoms with Crippen molar-refractivity contribution >= 4 is 64.0 Å². The molecule has 0 aromatic heterocycles. The second-order valence-electron chi connectivity index (χ2n) is 5.39. The summed E-state index contributed by atoms with van der Waals surface area (Å²) < 4.78 is 4.84. The van der Waals surface area contributed by atoms with Crippen molar-refractivity contribution in [2.75, 3.05) is 17.2 Å². The molecular formula is C18H15Cl3N2O4. The minimum atomic E-state index is -0.662. The Morgan fingerprint density at radius 3 is 2.07 bits per heavy atom. The van der Waals surface area contributed by atoms with Gasteiger partial charge < -0.3 is 15.4 Å². The number of carbonyl (C=O) groups is 3. The molecule has 0 spiro atoms. The third-order valence-electron chi connectivity index (χ3n) is 3.25. The highest BCUT2D eigenvalue weighted by atomic mass is 35.5. The van der Waals surface area contributed by atoms with Gasteiger partial charge in [0.15, 0.2) is 6.61 Å². The Balaban J connectivity index is 1.69. The van der Waals surface area contributed by atoms with Crippen LogP contribution in [0.3, 0.4) is 0 Å². The molecule has 0 aliphatic heterocycles. The van der Waals surface area contributed by atoms with Crippen molar-refractivity contribution in [3.05, 3.63) is 57.5 Å². The van der Waals surface area contributed by atoms with E-state index in [1.807, 2.05) is 0 Å². The van der Waals surface area contributed by atoms with Crippen LogP contribution in [0.25, 0.3) is 0 Å². The van der Waals surface area contributed by atoms with E-state index in [-0.39, 0.29) is 12.8 Å². The molecule has 0 aliphatic carbocycles. The van der Waals surface area contributed by atoms with E-state index in [2.05, 4.69) is 10.6 Å². The summed E-state index contributed by atoms with van der Waals surface area (Å²) in [5, 5.41) is 6.36. The monoisotopic (exact) mass is 428 g/mol. The van der Waals surface area contributed by atoms with E-state index < -0.39 is 24.4 Å². The smallest absolute Gasteiger partial charge is 0.306 e. The molecule has 0 unspecified atom stereocenters. The van der Waals surface area contributed by atoms with Gasteiger partial charge in [-0.3, -0.25) is 14.4 Å². The van der Waals surface area contributed by atoms with Crippen molar-refractivity contribution in [1.29, 1.82) is 0 Å². The summed E-state index contributed by atoms with van der Waals surface area (Å²) in [6.45, 7) is -0.449. The van der Waals surface area contributed by atoms with Crippen LogP contribution in [0.15, 0.2) is 42.5 Å². The first-order valence-corrected chi connectivity index (χ1v) is 8.93. The molecule has 2 rings (SSSR count). The van der Waals surface area contributed by atoms with Crippen molar-refractivity contribution in [2.45, 2.75) is 12.8 Å². The average Bonchev–Trinajstić information content (AvgIpc) is 2.63. The number of halogens is 3. The topological polar surface area (TPSA) is 84.5 Å². The van der Waals surface area contributed by atoms with Gasteiger partial charge in [-0.15, -0.1) is 0 Å². The van der Waals surface area contributed by atoms with Crippen LogP contribution in [0.1, 0.15) is 12.8 Å². The molecule has 6 nitrogen and oxygen atoms in total. The maximum Gasteiger partial charge on any atom is 0.306 e. The number of hydrogen-bond donors (Lipinski definition) is 2. The molecule has 0 fully saturated rings. The number of nitrogens with one attached hydrogen (secondary N) is 2. The second kappa shape index (κ2) is 10.2. The Morgan fingerprint density at radius 1 is 0.778 bits per heavy atom. The highest BCUT2D eigenvalue weighted by Crippen LogP contribution is 2.25. The minimum absolute atomic E-state index is 0.0993. The fourth-order valence-corrected chi connectivity index (χ4v) is 2.39. The lowest BCUT2D eigenvalue weighted by molar-refractivity contribution is -0.147. The summed E-state index contributed by atoms with van der Waals surface area (Å²) in [5.74, 6) is -1.55. The molecule has 0 atom stereocenters. The lowest BCUT2D eigenvalue weighted by atomic mass is 10.2. The minimum Gasteiger partial charge on any atom is -0.456 e. The molecule has 0 radical (unpaired) electrons. The number of carbonyl (C=O) groups excluding carboxylic acids is 3. The van der Waals surface area contributed by atoms with E-state index in [1.54, 1.807) is 36.4 Å². The lowest BCUT2D eigenvalue weighted by Crippen LogP contribution is -2.21. The quantitative estimate of drug-likeness (QED) is 0.633. The van der Waals surface area contributed by atoms with Gasteiger partial charge >= 0.3 is 5.97 Å². The Bertz CT molecular complexity index is 841. The first kappa shape index (κ1) is 21.0. The predicted octanol–water partition coefficient (Wildman–Crippen LogP) is 4.55. The number of amides is 2. The van der Waals surface area contributed by atoms with Crippen molar-refractivity contribution in [2.24, 2.45) is 0 Å². The predicted molar refractivity (Wildman–Crippen MR) is 105 cm³/mol. The lowest BCUT2D eigenvalue weighted by Gasteiger charge is -2.08. The molecule has 0 saturated heterocycles. The normalized spacial score (nSPS) is 10.2. The van der Waals surface area contributed by atoms with Crippen molar-refractivity contribution in [1.82, 2.24) is 0 Å². The van der Waals surface area contributed by atoms with Crippen molar-refractivity contribution < 1.29 is 19.1 Å². The van der Waals surface area contributed by atoms with Crippen LogP contribution >= 0.6 is 34.8 Å². The largest absolute Gasteiger partial charge is 0.456 e. The van der Waals surface area contributed by atoms with Gasteiger partial charge in [-0.2, -0.15) is 0 Å². The molecule has 0 aliphatic rings. The highest BCUT2D eigenvalue weighted by Gasteiger charge is 2.11. The fourth-order valence-electron chi connectivity index (χ4n) is 1.96. The number of ether oxygens (including phenoxy) is 1. The van der Waals surface area contributed by atoms with Crippen molar-refractivity contribution in [3.8, 4) is 0 Å². The number of anilines is 2. The maximum absolute atomic E-state index is 11.8. The molecule has 27 heavy (non-hydrogen) atoms. The average molecular weight is 430 g/mol. The van der Waals surface area contributed by atoms with Crippen LogP contribution in [0.2, 0.25) is 15.1 Å². The third-order valence-corrected chi connectivity index (χ3v) is 4.24. The number of esters is 1. The summed E-state index contributed by atoms with van der Waals surface area (Å²) in [4.78, 5) is 35.2. The zero-order valence-corrected chi connectivity index (χ0v) is 16.2. The third kappa shape index (κ3) is 7.46. The van der Waals surface area contributed by atoms with Gasteiger partial charge in [0.05, 0.1) is 16.5 Å². The summed E-state index contributed by atoms with van der Waals surface area (Å²) in [6.07, 6.45) is -0.265. The SMILES string of the molecule is O=C(CCC(=O)OCC(=O)Nc1ccc(Cl)cc1)Nc1ccc(Cl)c(Cl)c1. The van der Waals surface area contributed by atoms with Crippen LogP contribution in [-0.2, 0) is 19.1 Å². The van der Waals surface area contributed by atoms with Crippen LogP contribution in [0.5, 0.6) is 0 Å². The molecule has 2 aromatic carbocycles. The summed E-state index contributed by atoms with van der Waals surface area (Å²) in [5.41, 5.74) is 0.992. The fraction of sp³-hybridized carbons (Fsp3) is 0.167.